The molecule has 218 valence electrons. The molecule has 0 saturated carbocycles. The van der Waals surface area contributed by atoms with Gasteiger partial charge >= 0.3 is 11.9 Å². The van der Waals surface area contributed by atoms with Crippen LogP contribution in [-0.2, 0) is 43.1 Å². The number of hydrogen-bond acceptors (Lipinski definition) is 6. The average molecular weight is 551 g/mol. The summed E-state index contributed by atoms with van der Waals surface area (Å²) in [6, 6.07) is 12.7. The molecule has 0 aliphatic carbocycles. The summed E-state index contributed by atoms with van der Waals surface area (Å²) >= 11 is 0. The standard InChI is InChI=1S/C34H46O6/c1-7-8-9-10-11-12-27-13-15-31(29(23-27)17-19-39-33(35)25(2)3)28-14-16-32(38-22-21-37-6)30(24-28)18-20-40-34(36)26(4)5/h13-16,23-24H,2,4,7-12,17-22H2,1,3,5-6H3. The van der Waals surface area contributed by atoms with Crippen LogP contribution in [0, 0.1) is 0 Å². The van der Waals surface area contributed by atoms with Crippen LogP contribution >= 0.6 is 0 Å². The number of carbonyl (C=O) groups excluding carboxylic acids is 2. The van der Waals surface area contributed by atoms with E-state index in [1.54, 1.807) is 21.0 Å². The van der Waals surface area contributed by atoms with E-state index in [9.17, 15) is 9.59 Å². The van der Waals surface area contributed by atoms with E-state index >= 15 is 0 Å². The van der Waals surface area contributed by atoms with Gasteiger partial charge in [-0.05, 0) is 66.6 Å². The maximum Gasteiger partial charge on any atom is 0.333 e. The van der Waals surface area contributed by atoms with Crippen molar-refractivity contribution < 1.29 is 28.5 Å². The minimum atomic E-state index is -0.408. The summed E-state index contributed by atoms with van der Waals surface area (Å²) < 4.78 is 21.9. The van der Waals surface area contributed by atoms with Crippen LogP contribution in [0.4, 0.5) is 0 Å². The van der Waals surface area contributed by atoms with E-state index in [1.807, 2.05) is 12.1 Å². The fourth-order valence-electron chi connectivity index (χ4n) is 4.30. The molecule has 6 heteroatoms. The highest BCUT2D eigenvalue weighted by molar-refractivity contribution is 5.87. The van der Waals surface area contributed by atoms with Crippen LogP contribution in [0.1, 0.15) is 69.6 Å². The van der Waals surface area contributed by atoms with Gasteiger partial charge in [0.15, 0.2) is 0 Å². The van der Waals surface area contributed by atoms with Gasteiger partial charge in [0.1, 0.15) is 12.4 Å². The highest BCUT2D eigenvalue weighted by Crippen LogP contribution is 2.31. The summed E-state index contributed by atoms with van der Waals surface area (Å²) in [6.45, 7) is 14.2. The van der Waals surface area contributed by atoms with Crippen molar-refractivity contribution in [3.8, 4) is 16.9 Å². The Morgan fingerprint density at radius 2 is 1.38 bits per heavy atom. The Labute approximate surface area is 240 Å². The maximum absolute atomic E-state index is 12.0. The molecule has 2 aromatic rings. The quantitative estimate of drug-likeness (QED) is 0.105. The van der Waals surface area contributed by atoms with Crippen LogP contribution in [0.15, 0.2) is 60.7 Å². The van der Waals surface area contributed by atoms with E-state index in [2.05, 4.69) is 44.3 Å². The van der Waals surface area contributed by atoms with Crippen molar-refractivity contribution in [1.82, 2.24) is 0 Å². The van der Waals surface area contributed by atoms with Gasteiger partial charge < -0.3 is 18.9 Å². The van der Waals surface area contributed by atoms with E-state index < -0.39 is 5.97 Å². The topological polar surface area (TPSA) is 71.1 Å². The monoisotopic (exact) mass is 550 g/mol. The second-order valence-corrected chi connectivity index (χ2v) is 10.2. The SMILES string of the molecule is C=C(C)C(=O)OCCc1cc(-c2ccc(CCCCCCC)cc2CCOC(=O)C(=C)C)ccc1OCCOC. The third kappa shape index (κ3) is 11.4. The van der Waals surface area contributed by atoms with E-state index in [0.29, 0.717) is 37.2 Å². The lowest BCUT2D eigenvalue weighted by molar-refractivity contribution is -0.139. The lowest BCUT2D eigenvalue weighted by atomic mass is 9.92. The first-order chi connectivity index (χ1) is 19.3. The zero-order valence-electron chi connectivity index (χ0n) is 24.8. The molecule has 0 fully saturated rings. The molecule has 0 heterocycles. The molecular formula is C34H46O6. The van der Waals surface area contributed by atoms with Gasteiger partial charge in [0.2, 0.25) is 0 Å². The first kappa shape index (κ1) is 32.8. The Balaban J connectivity index is 2.32. The third-order valence-corrected chi connectivity index (χ3v) is 6.56. The van der Waals surface area contributed by atoms with Gasteiger partial charge in [-0.1, -0.05) is 70.0 Å². The lowest BCUT2D eigenvalue weighted by Gasteiger charge is -2.17. The number of rotatable bonds is 19. The molecule has 40 heavy (non-hydrogen) atoms. The van der Waals surface area contributed by atoms with Gasteiger partial charge in [-0.25, -0.2) is 9.59 Å². The Kier molecular flexibility index (Phi) is 14.8. The summed E-state index contributed by atoms with van der Waals surface area (Å²) in [5.41, 5.74) is 6.19. The smallest absolute Gasteiger partial charge is 0.333 e. The fraction of sp³-hybridized carbons (Fsp3) is 0.471. The molecule has 0 aliphatic heterocycles. The molecule has 0 aromatic heterocycles. The molecule has 0 bridgehead atoms. The number of methoxy groups -OCH3 is 1. The molecule has 0 aliphatic rings. The van der Waals surface area contributed by atoms with E-state index in [4.69, 9.17) is 18.9 Å². The van der Waals surface area contributed by atoms with Gasteiger partial charge in [-0.3, -0.25) is 0 Å². The van der Waals surface area contributed by atoms with E-state index in [-0.39, 0.29) is 19.2 Å². The van der Waals surface area contributed by atoms with Crippen molar-refractivity contribution >= 4 is 11.9 Å². The molecule has 0 saturated heterocycles. The normalized spacial score (nSPS) is 10.7. The molecule has 0 radical (unpaired) electrons. The number of aryl methyl sites for hydroxylation is 1. The Morgan fingerprint density at radius 3 is 2.00 bits per heavy atom. The van der Waals surface area contributed by atoms with Gasteiger partial charge in [0.05, 0.1) is 19.8 Å². The van der Waals surface area contributed by atoms with Crippen LogP contribution in [0.3, 0.4) is 0 Å². The van der Waals surface area contributed by atoms with Crippen LogP contribution in [0.25, 0.3) is 11.1 Å². The molecule has 0 spiro atoms. The van der Waals surface area contributed by atoms with Gasteiger partial charge in [-0.2, -0.15) is 0 Å². The first-order valence-corrected chi connectivity index (χ1v) is 14.3. The summed E-state index contributed by atoms with van der Waals surface area (Å²) in [4.78, 5) is 23.9. The second-order valence-electron chi connectivity index (χ2n) is 10.2. The van der Waals surface area contributed by atoms with Crippen LogP contribution in [-0.4, -0.2) is 45.5 Å². The van der Waals surface area contributed by atoms with Crippen molar-refractivity contribution in [2.75, 3.05) is 33.5 Å². The minimum absolute atomic E-state index is 0.219. The Hall–Kier alpha value is -3.38. The van der Waals surface area contributed by atoms with Crippen LogP contribution in [0.5, 0.6) is 5.75 Å². The van der Waals surface area contributed by atoms with Crippen LogP contribution < -0.4 is 4.74 Å². The molecule has 0 atom stereocenters. The minimum Gasteiger partial charge on any atom is -0.491 e. The number of carbonyl (C=O) groups is 2. The molecular weight excluding hydrogens is 504 g/mol. The predicted molar refractivity (Wildman–Crippen MR) is 161 cm³/mol. The molecule has 0 amide bonds. The van der Waals surface area contributed by atoms with E-state index in [1.165, 1.54) is 31.2 Å². The highest BCUT2D eigenvalue weighted by Gasteiger charge is 2.13. The largest absolute Gasteiger partial charge is 0.491 e. The molecule has 0 N–H and O–H groups in total. The second kappa shape index (κ2) is 18.1. The number of hydrogen-bond donors (Lipinski definition) is 0. The fourth-order valence-corrected chi connectivity index (χ4v) is 4.30. The number of ether oxygens (including phenoxy) is 4. The van der Waals surface area contributed by atoms with Gasteiger partial charge in [0, 0.05) is 31.1 Å². The number of esters is 2. The van der Waals surface area contributed by atoms with Crippen LogP contribution in [0.2, 0.25) is 0 Å². The maximum atomic E-state index is 12.0. The van der Waals surface area contributed by atoms with E-state index in [0.717, 1.165) is 40.8 Å². The Bertz CT molecular complexity index is 1130. The molecule has 2 rings (SSSR count). The van der Waals surface area contributed by atoms with Gasteiger partial charge in [0.25, 0.3) is 0 Å². The summed E-state index contributed by atoms with van der Waals surface area (Å²) in [6.07, 6.45) is 8.27. The van der Waals surface area contributed by atoms with Crippen molar-refractivity contribution in [3.05, 3.63) is 77.4 Å². The molecule has 6 nitrogen and oxygen atoms in total. The summed E-state index contributed by atoms with van der Waals surface area (Å²) in [5.74, 6) is -0.0551. The molecule has 2 aromatic carbocycles. The number of benzene rings is 2. The number of unbranched alkanes of at least 4 members (excludes halogenated alkanes) is 4. The zero-order chi connectivity index (χ0) is 29.3. The third-order valence-electron chi connectivity index (χ3n) is 6.56. The lowest BCUT2D eigenvalue weighted by Crippen LogP contribution is -2.10. The molecule has 0 unspecified atom stereocenters. The zero-order valence-corrected chi connectivity index (χ0v) is 24.8. The van der Waals surface area contributed by atoms with Crippen molar-refractivity contribution in [2.24, 2.45) is 0 Å². The summed E-state index contributed by atoms with van der Waals surface area (Å²) in [7, 11) is 1.63. The first-order valence-electron chi connectivity index (χ1n) is 14.3. The van der Waals surface area contributed by atoms with Crippen molar-refractivity contribution in [2.45, 2.75) is 72.1 Å². The predicted octanol–water partition coefficient (Wildman–Crippen LogP) is 7.22. The van der Waals surface area contributed by atoms with Gasteiger partial charge in [-0.15, -0.1) is 0 Å². The van der Waals surface area contributed by atoms with Crippen molar-refractivity contribution in [3.63, 3.8) is 0 Å². The summed E-state index contributed by atoms with van der Waals surface area (Å²) in [5, 5.41) is 0. The highest BCUT2D eigenvalue weighted by atomic mass is 16.5. The Morgan fingerprint density at radius 1 is 0.725 bits per heavy atom. The average Bonchev–Trinajstić information content (AvgIpc) is 2.93. The van der Waals surface area contributed by atoms with Crippen molar-refractivity contribution in [1.29, 1.82) is 0 Å².